The van der Waals surface area contributed by atoms with E-state index in [9.17, 15) is 13.2 Å². The summed E-state index contributed by atoms with van der Waals surface area (Å²) in [5.74, 6) is 0.462. The van der Waals surface area contributed by atoms with Gasteiger partial charge in [-0.15, -0.1) is 0 Å². The fourth-order valence-corrected chi connectivity index (χ4v) is 2.27. The molecular formula is C13H14F3N7. The van der Waals surface area contributed by atoms with Gasteiger partial charge in [0.25, 0.3) is 0 Å². The second-order valence-corrected chi connectivity index (χ2v) is 4.98. The molecule has 0 fully saturated rings. The first-order valence-corrected chi connectivity index (χ1v) is 6.93. The predicted octanol–water partition coefficient (Wildman–Crippen LogP) is 1.92. The lowest BCUT2D eigenvalue weighted by atomic mass is 10.2. The van der Waals surface area contributed by atoms with Crippen molar-refractivity contribution < 1.29 is 13.2 Å². The van der Waals surface area contributed by atoms with E-state index in [4.69, 9.17) is 0 Å². The number of alkyl halides is 3. The molecule has 0 spiro atoms. The Hall–Kier alpha value is -2.49. The molecule has 0 saturated carbocycles. The Bertz CT molecular complexity index is 762. The summed E-state index contributed by atoms with van der Waals surface area (Å²) < 4.78 is 38.5. The molecule has 4 rings (SSSR count). The monoisotopic (exact) mass is 325 g/mol. The van der Waals surface area contributed by atoms with Gasteiger partial charge in [0.2, 0.25) is 0 Å². The average Bonchev–Trinajstić information content (AvgIpc) is 3.14. The summed E-state index contributed by atoms with van der Waals surface area (Å²) in [6.45, 7) is 3.03. The number of hydrogen-bond acceptors (Lipinski definition) is 5. The van der Waals surface area contributed by atoms with Gasteiger partial charge in [0.15, 0.2) is 17.0 Å². The third-order valence-corrected chi connectivity index (χ3v) is 3.36. The van der Waals surface area contributed by atoms with Crippen molar-refractivity contribution in [1.82, 2.24) is 34.8 Å². The van der Waals surface area contributed by atoms with Crippen LogP contribution in [0.3, 0.4) is 0 Å². The van der Waals surface area contributed by atoms with Crippen LogP contribution in [-0.4, -0.2) is 36.0 Å². The Balaban J connectivity index is 0.000000149. The lowest BCUT2D eigenvalue weighted by Gasteiger charge is -2.21. The molecule has 0 radical (unpaired) electrons. The highest BCUT2D eigenvalue weighted by Crippen LogP contribution is 2.30. The van der Waals surface area contributed by atoms with Crippen molar-refractivity contribution in [3.05, 3.63) is 36.4 Å². The van der Waals surface area contributed by atoms with E-state index in [2.05, 4.69) is 30.2 Å². The fraction of sp³-hybridized carbons (Fsp3) is 0.385. The van der Waals surface area contributed by atoms with Crippen molar-refractivity contribution in [2.24, 2.45) is 0 Å². The van der Waals surface area contributed by atoms with Crippen molar-refractivity contribution in [3.63, 3.8) is 0 Å². The second kappa shape index (κ2) is 5.95. The number of H-pyrrole nitrogens is 1. The second-order valence-electron chi connectivity index (χ2n) is 4.98. The first-order valence-electron chi connectivity index (χ1n) is 6.93. The molecule has 1 aliphatic heterocycles. The largest absolute Gasteiger partial charge is 0.434 e. The zero-order chi connectivity index (χ0) is 16.4. The Kier molecular flexibility index (Phi) is 3.99. The van der Waals surface area contributed by atoms with Crippen LogP contribution in [0, 0.1) is 0 Å². The number of fused-ring (bicyclic) bond motifs is 2. The van der Waals surface area contributed by atoms with Crippen LogP contribution in [0.4, 0.5) is 13.2 Å². The number of halogens is 3. The lowest BCUT2D eigenvalue weighted by Crippen LogP contribution is -2.31. The van der Waals surface area contributed by atoms with E-state index in [-0.39, 0.29) is 6.04 Å². The van der Waals surface area contributed by atoms with E-state index in [0.717, 1.165) is 11.8 Å². The molecule has 1 unspecified atom stereocenters. The third kappa shape index (κ3) is 3.31. The van der Waals surface area contributed by atoms with Gasteiger partial charge in [-0.1, -0.05) is 0 Å². The lowest BCUT2D eigenvalue weighted by molar-refractivity contribution is -0.141. The summed E-state index contributed by atoms with van der Waals surface area (Å²) in [5.41, 5.74) is 0.595. The standard InChI is InChI=1S/C8H10F3N3.C5H4N4/c1-5-7-13-6(8(9,10)11)4-14(7)3-2-12-5;1-2-7-5-4(6-1)8-3-9-5/h4-5,12H,2-3H2,1H3;1-3H,(H,6,7,8,9). The molecule has 4 heterocycles. The number of hydrogen-bond donors (Lipinski definition) is 2. The summed E-state index contributed by atoms with van der Waals surface area (Å²) in [6.07, 6.45) is 1.55. The molecule has 7 nitrogen and oxygen atoms in total. The smallest absolute Gasteiger partial charge is 0.332 e. The Morgan fingerprint density at radius 2 is 2.00 bits per heavy atom. The number of aromatic nitrogens is 6. The highest BCUT2D eigenvalue weighted by molar-refractivity contribution is 5.63. The van der Waals surface area contributed by atoms with Gasteiger partial charge in [-0.25, -0.2) is 19.9 Å². The molecule has 122 valence electrons. The summed E-state index contributed by atoms with van der Waals surface area (Å²) in [7, 11) is 0. The van der Waals surface area contributed by atoms with Crippen molar-refractivity contribution >= 4 is 11.3 Å². The fourth-order valence-electron chi connectivity index (χ4n) is 2.27. The minimum absolute atomic E-state index is 0.111. The minimum atomic E-state index is -4.34. The van der Waals surface area contributed by atoms with Crippen LogP contribution in [0.2, 0.25) is 0 Å². The van der Waals surface area contributed by atoms with E-state index in [1.54, 1.807) is 30.2 Å². The Morgan fingerprint density at radius 3 is 2.70 bits per heavy atom. The summed E-state index contributed by atoms with van der Waals surface area (Å²) in [4.78, 5) is 18.2. The molecule has 0 bridgehead atoms. The molecule has 0 aliphatic carbocycles. The number of nitrogens with one attached hydrogen (secondary N) is 2. The van der Waals surface area contributed by atoms with Crippen LogP contribution in [0.5, 0.6) is 0 Å². The van der Waals surface area contributed by atoms with E-state index in [1.807, 2.05) is 0 Å². The zero-order valence-electron chi connectivity index (χ0n) is 12.2. The average molecular weight is 325 g/mol. The maximum atomic E-state index is 12.3. The molecule has 0 saturated heterocycles. The molecule has 23 heavy (non-hydrogen) atoms. The third-order valence-electron chi connectivity index (χ3n) is 3.36. The number of aromatic amines is 1. The molecule has 3 aromatic rings. The van der Waals surface area contributed by atoms with Gasteiger partial charge >= 0.3 is 6.18 Å². The molecule has 10 heteroatoms. The SMILES string of the molecule is CC1NCCn2cc(C(F)(F)F)nc21.c1cnc2[nH]cnc2n1. The summed E-state index contributed by atoms with van der Waals surface area (Å²) >= 11 is 0. The van der Waals surface area contributed by atoms with Crippen LogP contribution in [0.15, 0.2) is 24.9 Å². The maximum absolute atomic E-state index is 12.3. The van der Waals surface area contributed by atoms with Crippen molar-refractivity contribution in [2.45, 2.75) is 25.7 Å². The summed E-state index contributed by atoms with van der Waals surface area (Å²) in [5, 5.41) is 3.05. The number of nitrogens with zero attached hydrogens (tertiary/aromatic N) is 5. The molecule has 1 aliphatic rings. The van der Waals surface area contributed by atoms with Crippen molar-refractivity contribution in [3.8, 4) is 0 Å². The molecule has 2 N–H and O–H groups in total. The van der Waals surface area contributed by atoms with Gasteiger partial charge < -0.3 is 14.9 Å². The molecule has 3 aromatic heterocycles. The molecular weight excluding hydrogens is 311 g/mol. The molecule has 0 amide bonds. The van der Waals surface area contributed by atoms with Gasteiger partial charge in [-0.05, 0) is 6.92 Å². The summed E-state index contributed by atoms with van der Waals surface area (Å²) in [6, 6.07) is -0.111. The van der Waals surface area contributed by atoms with E-state index >= 15 is 0 Å². The van der Waals surface area contributed by atoms with E-state index in [1.165, 1.54) is 0 Å². The number of imidazole rings is 2. The topological polar surface area (TPSA) is 84.3 Å². The predicted molar refractivity (Wildman–Crippen MR) is 75.3 cm³/mol. The zero-order valence-corrected chi connectivity index (χ0v) is 12.2. The van der Waals surface area contributed by atoms with Crippen molar-refractivity contribution in [1.29, 1.82) is 0 Å². The molecule has 0 aromatic carbocycles. The van der Waals surface area contributed by atoms with Crippen molar-refractivity contribution in [2.75, 3.05) is 6.54 Å². The van der Waals surface area contributed by atoms with Gasteiger partial charge in [0.1, 0.15) is 5.82 Å². The van der Waals surface area contributed by atoms with Crippen LogP contribution < -0.4 is 5.32 Å². The normalized spacial score (nSPS) is 17.5. The van der Waals surface area contributed by atoms with E-state index < -0.39 is 11.9 Å². The first-order chi connectivity index (χ1) is 10.9. The van der Waals surface area contributed by atoms with Crippen LogP contribution >= 0.6 is 0 Å². The van der Waals surface area contributed by atoms with Crippen LogP contribution in [-0.2, 0) is 12.7 Å². The molecule has 1 atom stereocenters. The Labute approximate surface area is 129 Å². The first kappa shape index (κ1) is 15.4. The Morgan fingerprint density at radius 1 is 1.22 bits per heavy atom. The van der Waals surface area contributed by atoms with Crippen LogP contribution in [0.25, 0.3) is 11.3 Å². The highest BCUT2D eigenvalue weighted by atomic mass is 19.4. The van der Waals surface area contributed by atoms with Gasteiger partial charge in [-0.3, -0.25) is 0 Å². The van der Waals surface area contributed by atoms with Crippen LogP contribution in [0.1, 0.15) is 24.5 Å². The van der Waals surface area contributed by atoms with E-state index in [0.29, 0.717) is 24.6 Å². The highest BCUT2D eigenvalue weighted by Gasteiger charge is 2.35. The van der Waals surface area contributed by atoms with Gasteiger partial charge in [0.05, 0.1) is 12.4 Å². The minimum Gasteiger partial charge on any atom is -0.332 e. The maximum Gasteiger partial charge on any atom is 0.434 e. The van der Waals surface area contributed by atoms with Gasteiger partial charge in [0, 0.05) is 31.7 Å². The van der Waals surface area contributed by atoms with Gasteiger partial charge in [-0.2, -0.15) is 13.2 Å². The quantitative estimate of drug-likeness (QED) is 0.660. The number of rotatable bonds is 0.